The van der Waals surface area contributed by atoms with Crippen LogP contribution >= 0.6 is 0 Å². The minimum absolute atomic E-state index is 0.0670. The summed E-state index contributed by atoms with van der Waals surface area (Å²) in [7, 11) is 0. The molecule has 0 aliphatic heterocycles. The zero-order valence-electron chi connectivity index (χ0n) is 15.5. The van der Waals surface area contributed by atoms with E-state index in [1.54, 1.807) is 42.0 Å². The first-order valence-electron chi connectivity index (χ1n) is 8.68. The molecule has 8 nitrogen and oxygen atoms in total. The molecule has 140 valence electrons. The van der Waals surface area contributed by atoms with E-state index in [-0.39, 0.29) is 18.0 Å². The molecule has 3 rings (SSSR count). The van der Waals surface area contributed by atoms with Gasteiger partial charge in [0, 0.05) is 30.7 Å². The Kier molecular flexibility index (Phi) is 5.35. The number of benzene rings is 1. The van der Waals surface area contributed by atoms with Crippen LogP contribution in [0.2, 0.25) is 0 Å². The predicted octanol–water partition coefficient (Wildman–Crippen LogP) is 2.50. The second kappa shape index (κ2) is 7.86. The standard InChI is InChI=1S/C19H22N6O2/c1-12(2)22-19(27)23-15-7-5-14(6-8-15)11-21-18(26)16-13(3)24-25-10-4-9-20-17(16)25/h4-10,12H,11H2,1-3H3,(H,21,26)(H2,22,23,27). The summed E-state index contributed by atoms with van der Waals surface area (Å²) >= 11 is 0. The van der Waals surface area contributed by atoms with E-state index in [9.17, 15) is 9.59 Å². The van der Waals surface area contributed by atoms with Crippen LogP contribution in [0.1, 0.15) is 35.5 Å². The first-order chi connectivity index (χ1) is 12.9. The first kappa shape index (κ1) is 18.4. The molecule has 8 heteroatoms. The van der Waals surface area contributed by atoms with E-state index >= 15 is 0 Å². The van der Waals surface area contributed by atoms with Crippen molar-refractivity contribution < 1.29 is 9.59 Å². The van der Waals surface area contributed by atoms with Crippen LogP contribution in [0.5, 0.6) is 0 Å². The van der Waals surface area contributed by atoms with E-state index in [1.807, 2.05) is 26.0 Å². The van der Waals surface area contributed by atoms with Crippen molar-refractivity contribution in [3.8, 4) is 0 Å². The van der Waals surface area contributed by atoms with Crippen LogP contribution < -0.4 is 16.0 Å². The van der Waals surface area contributed by atoms with E-state index in [2.05, 4.69) is 26.0 Å². The van der Waals surface area contributed by atoms with E-state index < -0.39 is 0 Å². The maximum Gasteiger partial charge on any atom is 0.319 e. The molecule has 0 unspecified atom stereocenters. The van der Waals surface area contributed by atoms with Gasteiger partial charge in [0.1, 0.15) is 5.56 Å². The molecule has 0 radical (unpaired) electrons. The molecule has 2 aromatic heterocycles. The summed E-state index contributed by atoms with van der Waals surface area (Å²) in [6, 6.07) is 8.88. The summed E-state index contributed by atoms with van der Waals surface area (Å²) in [6.07, 6.45) is 3.39. The molecule has 0 fully saturated rings. The topological polar surface area (TPSA) is 100 Å². The Morgan fingerprint density at radius 1 is 1.19 bits per heavy atom. The number of nitrogens with one attached hydrogen (secondary N) is 3. The second-order valence-electron chi connectivity index (χ2n) is 6.48. The average molecular weight is 366 g/mol. The Balaban J connectivity index is 1.62. The van der Waals surface area contributed by atoms with Gasteiger partial charge in [0.15, 0.2) is 5.65 Å². The maximum atomic E-state index is 12.6. The number of hydrogen-bond acceptors (Lipinski definition) is 4. The fourth-order valence-corrected chi connectivity index (χ4v) is 2.67. The molecule has 3 amide bonds. The quantitative estimate of drug-likeness (QED) is 0.646. The Hall–Kier alpha value is -3.42. The van der Waals surface area contributed by atoms with Crippen molar-refractivity contribution in [1.29, 1.82) is 0 Å². The van der Waals surface area contributed by atoms with Gasteiger partial charge in [-0.25, -0.2) is 14.3 Å². The number of hydrogen-bond donors (Lipinski definition) is 3. The van der Waals surface area contributed by atoms with Crippen molar-refractivity contribution in [2.75, 3.05) is 5.32 Å². The summed E-state index contributed by atoms with van der Waals surface area (Å²) in [4.78, 5) is 28.5. The summed E-state index contributed by atoms with van der Waals surface area (Å²) in [5, 5.41) is 12.7. The number of carbonyl (C=O) groups is 2. The van der Waals surface area contributed by atoms with Crippen molar-refractivity contribution >= 4 is 23.3 Å². The van der Waals surface area contributed by atoms with Crippen LogP contribution in [0.3, 0.4) is 0 Å². The smallest absolute Gasteiger partial charge is 0.319 e. The van der Waals surface area contributed by atoms with E-state index in [4.69, 9.17) is 0 Å². The van der Waals surface area contributed by atoms with E-state index in [0.29, 0.717) is 29.1 Å². The summed E-state index contributed by atoms with van der Waals surface area (Å²) < 4.78 is 1.59. The van der Waals surface area contributed by atoms with E-state index in [1.165, 1.54) is 0 Å². The molecule has 0 saturated carbocycles. The number of amides is 3. The molecule has 0 atom stereocenters. The average Bonchev–Trinajstić information content (AvgIpc) is 2.96. The highest BCUT2D eigenvalue weighted by Crippen LogP contribution is 2.13. The number of rotatable bonds is 5. The van der Waals surface area contributed by atoms with Gasteiger partial charge in [-0.2, -0.15) is 5.10 Å². The van der Waals surface area contributed by atoms with Gasteiger partial charge >= 0.3 is 6.03 Å². The third-order valence-corrected chi connectivity index (χ3v) is 3.88. The Labute approximate surface area is 157 Å². The number of anilines is 1. The third-order valence-electron chi connectivity index (χ3n) is 3.88. The summed E-state index contributed by atoms with van der Waals surface area (Å²) in [5.74, 6) is -0.222. The molecule has 0 saturated heterocycles. The van der Waals surface area contributed by atoms with Crippen molar-refractivity contribution in [3.63, 3.8) is 0 Å². The predicted molar refractivity (Wildman–Crippen MR) is 103 cm³/mol. The number of nitrogens with zero attached hydrogens (tertiary/aromatic N) is 3. The lowest BCUT2D eigenvalue weighted by Gasteiger charge is -2.10. The number of aromatic nitrogens is 3. The van der Waals surface area contributed by atoms with Gasteiger partial charge in [-0.05, 0) is 44.5 Å². The lowest BCUT2D eigenvalue weighted by Crippen LogP contribution is -2.34. The molecule has 1 aromatic carbocycles. The van der Waals surface area contributed by atoms with Crippen LogP contribution in [0.25, 0.3) is 5.65 Å². The number of fused-ring (bicyclic) bond motifs is 1. The van der Waals surface area contributed by atoms with Gasteiger partial charge in [-0.3, -0.25) is 4.79 Å². The zero-order chi connectivity index (χ0) is 19.4. The molecule has 0 aliphatic carbocycles. The van der Waals surface area contributed by atoms with Gasteiger partial charge in [-0.15, -0.1) is 0 Å². The van der Waals surface area contributed by atoms with Gasteiger partial charge in [-0.1, -0.05) is 12.1 Å². The molecule has 27 heavy (non-hydrogen) atoms. The van der Waals surface area contributed by atoms with Crippen LogP contribution in [0, 0.1) is 6.92 Å². The molecule has 0 aliphatic rings. The van der Waals surface area contributed by atoms with Crippen molar-refractivity contribution in [3.05, 3.63) is 59.5 Å². The second-order valence-corrected chi connectivity index (χ2v) is 6.48. The van der Waals surface area contributed by atoms with Gasteiger partial charge in [0.05, 0.1) is 5.69 Å². The fourth-order valence-electron chi connectivity index (χ4n) is 2.67. The normalized spacial score (nSPS) is 10.8. The fraction of sp³-hybridized carbons (Fsp3) is 0.263. The SMILES string of the molecule is Cc1nn2cccnc2c1C(=O)NCc1ccc(NC(=O)NC(C)C)cc1. The van der Waals surface area contributed by atoms with Gasteiger partial charge in [0.25, 0.3) is 5.91 Å². The minimum Gasteiger partial charge on any atom is -0.348 e. The molecular formula is C19H22N6O2. The summed E-state index contributed by atoms with van der Waals surface area (Å²) in [6.45, 7) is 5.94. The number of aryl methyl sites for hydroxylation is 1. The highest BCUT2D eigenvalue weighted by Gasteiger charge is 2.17. The Morgan fingerprint density at radius 3 is 2.63 bits per heavy atom. The van der Waals surface area contributed by atoms with Crippen LogP contribution in [0.4, 0.5) is 10.5 Å². The monoisotopic (exact) mass is 366 g/mol. The molecule has 3 aromatic rings. The van der Waals surface area contributed by atoms with Crippen LogP contribution in [-0.4, -0.2) is 32.6 Å². The third kappa shape index (κ3) is 4.41. The van der Waals surface area contributed by atoms with Crippen LogP contribution in [0.15, 0.2) is 42.7 Å². The zero-order valence-corrected chi connectivity index (χ0v) is 15.5. The minimum atomic E-state index is -0.248. The number of carbonyl (C=O) groups excluding carboxylic acids is 2. The maximum absolute atomic E-state index is 12.6. The van der Waals surface area contributed by atoms with Crippen molar-refractivity contribution in [2.24, 2.45) is 0 Å². The largest absolute Gasteiger partial charge is 0.348 e. The van der Waals surface area contributed by atoms with Crippen LogP contribution in [-0.2, 0) is 6.54 Å². The van der Waals surface area contributed by atoms with Gasteiger partial charge in [0.2, 0.25) is 0 Å². The Morgan fingerprint density at radius 2 is 1.93 bits per heavy atom. The molecule has 0 spiro atoms. The molecular weight excluding hydrogens is 344 g/mol. The van der Waals surface area contributed by atoms with Crippen molar-refractivity contribution in [1.82, 2.24) is 25.2 Å². The highest BCUT2D eigenvalue weighted by atomic mass is 16.2. The lowest BCUT2D eigenvalue weighted by atomic mass is 10.2. The van der Waals surface area contributed by atoms with Gasteiger partial charge < -0.3 is 16.0 Å². The Bertz CT molecular complexity index is 962. The highest BCUT2D eigenvalue weighted by molar-refractivity contribution is 6.00. The summed E-state index contributed by atoms with van der Waals surface area (Å²) in [5.41, 5.74) is 3.23. The molecule has 3 N–H and O–H groups in total. The lowest BCUT2D eigenvalue weighted by molar-refractivity contribution is 0.0951. The molecule has 0 bridgehead atoms. The number of urea groups is 1. The molecule has 2 heterocycles. The van der Waals surface area contributed by atoms with Crippen molar-refractivity contribution in [2.45, 2.75) is 33.4 Å². The van der Waals surface area contributed by atoms with E-state index in [0.717, 1.165) is 5.56 Å². The first-order valence-corrected chi connectivity index (χ1v) is 8.68.